The Balaban J connectivity index is 0.000000148. The minimum Gasteiger partial charge on any atom is -0.384 e. The van der Waals surface area contributed by atoms with Crippen LogP contribution in [0.1, 0.15) is 63.9 Å². The van der Waals surface area contributed by atoms with Crippen molar-refractivity contribution in [2.45, 2.75) is 66.3 Å². The summed E-state index contributed by atoms with van der Waals surface area (Å²) in [7, 11) is 0. The van der Waals surface area contributed by atoms with Crippen molar-refractivity contribution in [3.8, 4) is 0 Å². The standard InChI is InChI=1S/C18H18FN3.C17H16O.C12H11BrN2O.C12H12N2O.C10H8ClN.C10H9NO/c19-16-3-1-2-13(11-16)8-9-21-12-14-4-6-17-15(10-14)5-7-18(20)22-17;1-14-7-9-16(10-8-14)13-17(18)12-11-15-5-3-2-4-6-15;1-8(16)14-12-5-3-10-6-9(7-13)2-4-11(10)15-12;1-8-3-5-11-10(7-8)4-6-12(14-11)13-9(2)15;1-7-2-4-9-8(6-7)3-5-10(11)12-9;1-7-2-4-9-8(6-7)3-5-10(12)11-9/h1-7,10-11,21H,8-9,12H2,(H2,20,22);2-12H,13H2,1H3;2-6H,7H2,1H3,(H,14,15,16);3-7H,1-2H3,(H,13,14,15);2-6H,1H3;2-6H,1H3,(H,11,12)/b;12-11+;;;;. The Morgan fingerprint density at radius 3 is 1.65 bits per heavy atom. The Labute approximate surface area is 565 Å². The number of carbonyl (C=O) groups excluding carboxylic acids is 3. The number of nitrogens with two attached hydrogens (primary N) is 1. The molecular formula is C79H74BrClFN9O4. The lowest BCUT2D eigenvalue weighted by molar-refractivity contribution is -0.115. The molecule has 5 heterocycles. The molecule has 5 aromatic heterocycles. The van der Waals surface area contributed by atoms with Gasteiger partial charge in [-0.1, -0.05) is 153 Å². The second-order valence-corrected chi connectivity index (χ2v) is 23.5. The first-order valence-electron chi connectivity index (χ1n) is 30.7. The predicted molar refractivity (Wildman–Crippen MR) is 394 cm³/mol. The summed E-state index contributed by atoms with van der Waals surface area (Å²) in [5.41, 5.74) is 20.5. The highest BCUT2D eigenvalue weighted by Crippen LogP contribution is 2.21. The van der Waals surface area contributed by atoms with E-state index in [1.54, 1.807) is 24.3 Å². The van der Waals surface area contributed by atoms with Crippen LogP contribution in [0.4, 0.5) is 21.8 Å². The van der Waals surface area contributed by atoms with Crippen LogP contribution in [0.25, 0.3) is 60.6 Å². The molecular weight excluding hydrogens is 1270 g/mol. The Bertz CT molecular complexity index is 4820. The Kier molecular flexibility index (Phi) is 26.2. The summed E-state index contributed by atoms with van der Waals surface area (Å²) < 4.78 is 13.1. The van der Waals surface area contributed by atoms with Crippen molar-refractivity contribution >= 4 is 123 Å². The second kappa shape index (κ2) is 35.5. The van der Waals surface area contributed by atoms with Gasteiger partial charge in [-0.2, -0.15) is 0 Å². The number of anilines is 3. The van der Waals surface area contributed by atoms with E-state index in [2.05, 4.69) is 88.0 Å². The maximum atomic E-state index is 13.1. The van der Waals surface area contributed by atoms with Gasteiger partial charge in [-0.05, 0) is 207 Å². The van der Waals surface area contributed by atoms with E-state index < -0.39 is 0 Å². The summed E-state index contributed by atoms with van der Waals surface area (Å²) in [5.74, 6) is 1.46. The number of ketones is 1. The fourth-order valence-corrected chi connectivity index (χ4v) is 10.2. The molecule has 6 N–H and O–H groups in total. The van der Waals surface area contributed by atoms with Gasteiger partial charge in [0.2, 0.25) is 17.4 Å². The number of pyridine rings is 5. The number of allylic oxidation sites excluding steroid dienone is 1. The predicted octanol–water partition coefficient (Wildman–Crippen LogP) is 17.7. The third-order valence-electron chi connectivity index (χ3n) is 14.4. The highest BCUT2D eigenvalue weighted by atomic mass is 79.9. The first-order chi connectivity index (χ1) is 45.8. The molecule has 2 amide bonds. The summed E-state index contributed by atoms with van der Waals surface area (Å²) in [6.07, 6.45) is 4.78. The fraction of sp³-hybridized carbons (Fsp3) is 0.139. The second-order valence-electron chi connectivity index (χ2n) is 22.5. The zero-order chi connectivity index (χ0) is 67.6. The van der Waals surface area contributed by atoms with Gasteiger partial charge in [-0.25, -0.2) is 24.3 Å². The number of nitrogen functional groups attached to an aromatic ring is 1. The molecule has 13 rings (SSSR count). The minimum absolute atomic E-state index is 0.0497. The lowest BCUT2D eigenvalue weighted by Crippen LogP contribution is -2.16. The molecule has 8 aromatic carbocycles. The number of hydrogen-bond acceptors (Lipinski definition) is 10. The van der Waals surface area contributed by atoms with E-state index in [4.69, 9.17) is 17.3 Å². The summed E-state index contributed by atoms with van der Waals surface area (Å²) in [6, 6.07) is 73.4. The molecule has 16 heteroatoms. The number of alkyl halides is 1. The lowest BCUT2D eigenvalue weighted by Gasteiger charge is -2.07. The first kappa shape index (κ1) is 70.3. The van der Waals surface area contributed by atoms with E-state index in [0.717, 1.165) is 96.0 Å². The number of carbonyl (C=O) groups is 3. The third-order valence-corrected chi connectivity index (χ3v) is 15.3. The topological polar surface area (TPSA) is 198 Å². The number of aryl methyl sites for hydroxylation is 4. The van der Waals surface area contributed by atoms with Crippen LogP contribution in [0, 0.1) is 33.5 Å². The molecule has 480 valence electrons. The lowest BCUT2D eigenvalue weighted by atomic mass is 10.1. The number of nitrogens with one attached hydrogen (secondary N) is 4. The van der Waals surface area contributed by atoms with E-state index in [1.807, 2.05) is 209 Å². The van der Waals surface area contributed by atoms with E-state index in [-0.39, 0.29) is 29.0 Å². The van der Waals surface area contributed by atoms with E-state index >= 15 is 0 Å². The molecule has 0 fully saturated rings. The Morgan fingerprint density at radius 2 is 1.03 bits per heavy atom. The number of amides is 2. The van der Waals surface area contributed by atoms with Gasteiger partial charge in [0.05, 0.1) is 22.1 Å². The molecule has 0 radical (unpaired) electrons. The summed E-state index contributed by atoms with van der Waals surface area (Å²) in [4.78, 5) is 64.3. The quantitative estimate of drug-likeness (QED) is 0.0340. The molecule has 95 heavy (non-hydrogen) atoms. The molecule has 0 saturated heterocycles. The van der Waals surface area contributed by atoms with Gasteiger partial charge in [0.1, 0.15) is 28.4 Å². The van der Waals surface area contributed by atoms with Crippen molar-refractivity contribution in [2.75, 3.05) is 22.9 Å². The number of aromatic nitrogens is 5. The molecule has 0 bridgehead atoms. The average molecular weight is 1350 g/mol. The van der Waals surface area contributed by atoms with Gasteiger partial charge >= 0.3 is 0 Å². The molecule has 0 spiro atoms. The molecule has 0 saturated carbocycles. The molecule has 0 aliphatic heterocycles. The number of aromatic amines is 1. The van der Waals surface area contributed by atoms with Crippen molar-refractivity contribution in [3.05, 3.63) is 308 Å². The summed E-state index contributed by atoms with van der Waals surface area (Å²) in [6.45, 7) is 12.7. The normalized spacial score (nSPS) is 10.6. The van der Waals surface area contributed by atoms with Crippen LogP contribution in [-0.2, 0) is 39.1 Å². The number of rotatable bonds is 12. The largest absolute Gasteiger partial charge is 0.384 e. The van der Waals surface area contributed by atoms with Crippen molar-refractivity contribution in [3.63, 3.8) is 0 Å². The van der Waals surface area contributed by atoms with Crippen LogP contribution in [0.3, 0.4) is 0 Å². The zero-order valence-corrected chi connectivity index (χ0v) is 56.1. The maximum Gasteiger partial charge on any atom is 0.248 e. The molecule has 13 nitrogen and oxygen atoms in total. The van der Waals surface area contributed by atoms with Crippen LogP contribution < -0.4 is 27.2 Å². The number of benzene rings is 8. The van der Waals surface area contributed by atoms with Crippen molar-refractivity contribution in [1.29, 1.82) is 0 Å². The number of halogens is 3. The number of hydrogen-bond donors (Lipinski definition) is 5. The SMILES string of the molecule is CC(=O)Nc1ccc2cc(C)ccc2n1.CC(=O)Nc1ccc2cc(CBr)ccc2n1.Cc1ccc(CC(=O)/C=C/c2ccccc2)cc1.Cc1ccc2[nH]c(=O)ccc2c1.Cc1ccc2nc(Cl)ccc2c1.Nc1ccc2cc(CNCCc3cccc(F)c3)ccc2n1. The van der Waals surface area contributed by atoms with Crippen LogP contribution in [0.5, 0.6) is 0 Å². The van der Waals surface area contributed by atoms with Crippen molar-refractivity contribution < 1.29 is 18.8 Å². The number of nitrogens with zero attached hydrogens (tertiary/aromatic N) is 4. The van der Waals surface area contributed by atoms with Crippen LogP contribution >= 0.6 is 27.5 Å². The molecule has 0 aliphatic rings. The number of H-pyrrole nitrogens is 1. The minimum atomic E-state index is -0.182. The third kappa shape index (κ3) is 23.5. The molecule has 13 aromatic rings. The summed E-state index contributed by atoms with van der Waals surface area (Å²) >= 11 is 9.16. The molecule has 0 atom stereocenters. The number of fused-ring (bicyclic) bond motifs is 5. The fourth-order valence-electron chi connectivity index (χ4n) is 9.68. The van der Waals surface area contributed by atoms with Crippen LogP contribution in [-0.4, -0.2) is 49.1 Å². The van der Waals surface area contributed by atoms with E-state index in [9.17, 15) is 23.6 Å². The monoisotopic (exact) mass is 1350 g/mol. The van der Waals surface area contributed by atoms with Gasteiger partial charge in [-0.15, -0.1) is 0 Å². The highest BCUT2D eigenvalue weighted by Gasteiger charge is 2.05. The van der Waals surface area contributed by atoms with Gasteiger partial charge in [0.25, 0.3) is 0 Å². The van der Waals surface area contributed by atoms with Gasteiger partial charge in [-0.3, -0.25) is 19.2 Å². The van der Waals surface area contributed by atoms with Gasteiger partial charge in [0, 0.05) is 65.3 Å². The first-order valence-corrected chi connectivity index (χ1v) is 32.2. The smallest absolute Gasteiger partial charge is 0.248 e. The Hall–Kier alpha value is -10.6. The van der Waals surface area contributed by atoms with Gasteiger partial charge < -0.3 is 26.7 Å². The summed E-state index contributed by atoms with van der Waals surface area (Å²) in [5, 5.41) is 15.5. The van der Waals surface area contributed by atoms with E-state index in [0.29, 0.717) is 29.0 Å². The van der Waals surface area contributed by atoms with Crippen LogP contribution in [0.2, 0.25) is 5.15 Å². The zero-order valence-electron chi connectivity index (χ0n) is 53.8. The van der Waals surface area contributed by atoms with Crippen molar-refractivity contribution in [2.24, 2.45) is 0 Å². The average Bonchev–Trinajstić information content (AvgIpc) is 1.27. The van der Waals surface area contributed by atoms with Gasteiger partial charge in [0.15, 0.2) is 5.78 Å². The maximum absolute atomic E-state index is 13.1. The molecule has 0 unspecified atom stereocenters. The van der Waals surface area contributed by atoms with Crippen molar-refractivity contribution in [1.82, 2.24) is 30.2 Å². The van der Waals surface area contributed by atoms with Crippen LogP contribution in [0.15, 0.2) is 241 Å². The Morgan fingerprint density at radius 1 is 0.516 bits per heavy atom. The highest BCUT2D eigenvalue weighted by molar-refractivity contribution is 9.08. The van der Waals surface area contributed by atoms with E-state index in [1.165, 1.54) is 53.3 Å². The molecule has 0 aliphatic carbocycles.